The summed E-state index contributed by atoms with van der Waals surface area (Å²) in [5.41, 5.74) is 4.00. The first-order valence-corrected chi connectivity index (χ1v) is 10.4. The molecule has 0 radical (unpaired) electrons. The third-order valence-electron chi connectivity index (χ3n) is 5.76. The molecule has 0 bridgehead atoms. The summed E-state index contributed by atoms with van der Waals surface area (Å²) in [5, 5.41) is 5.39. The fourth-order valence-corrected chi connectivity index (χ4v) is 4.02. The summed E-state index contributed by atoms with van der Waals surface area (Å²) >= 11 is 0. The first kappa shape index (κ1) is 19.3. The lowest BCUT2D eigenvalue weighted by atomic mass is 10.1. The number of aromatic nitrogens is 5. The van der Waals surface area contributed by atoms with Gasteiger partial charge >= 0.3 is 0 Å². The molecule has 31 heavy (non-hydrogen) atoms. The van der Waals surface area contributed by atoms with E-state index < -0.39 is 0 Å². The van der Waals surface area contributed by atoms with Gasteiger partial charge in [-0.3, -0.25) is 9.67 Å². The van der Waals surface area contributed by atoms with Crippen LogP contribution in [0.3, 0.4) is 0 Å². The molecular weight excluding hydrogens is 390 g/mol. The van der Waals surface area contributed by atoms with E-state index in [1.54, 1.807) is 18.0 Å². The molecule has 0 amide bonds. The van der Waals surface area contributed by atoms with Crippen LogP contribution in [0.4, 0.5) is 11.6 Å². The van der Waals surface area contributed by atoms with Gasteiger partial charge in [0.25, 0.3) is 0 Å². The van der Waals surface area contributed by atoms with Crippen molar-refractivity contribution in [1.82, 2.24) is 24.7 Å². The Morgan fingerprint density at radius 2 is 1.68 bits per heavy atom. The Kier molecular flexibility index (Phi) is 4.89. The number of rotatable bonds is 4. The van der Waals surface area contributed by atoms with Gasteiger partial charge in [-0.2, -0.15) is 5.10 Å². The van der Waals surface area contributed by atoms with Crippen LogP contribution in [-0.2, 0) is 7.05 Å². The van der Waals surface area contributed by atoms with Gasteiger partial charge in [0.1, 0.15) is 17.4 Å². The second-order valence-corrected chi connectivity index (χ2v) is 7.82. The molecule has 1 aliphatic rings. The Hall–Kier alpha value is -3.68. The maximum absolute atomic E-state index is 5.38. The van der Waals surface area contributed by atoms with Crippen LogP contribution >= 0.6 is 0 Å². The molecule has 4 aromatic rings. The Morgan fingerprint density at radius 3 is 2.39 bits per heavy atom. The number of pyridine rings is 1. The molecule has 1 aromatic carbocycles. The number of benzene rings is 1. The summed E-state index contributed by atoms with van der Waals surface area (Å²) < 4.78 is 7.15. The minimum Gasteiger partial charge on any atom is -0.497 e. The summed E-state index contributed by atoms with van der Waals surface area (Å²) in [4.78, 5) is 18.7. The zero-order valence-electron chi connectivity index (χ0n) is 18.0. The highest BCUT2D eigenvalue weighted by molar-refractivity contribution is 5.85. The lowest BCUT2D eigenvalue weighted by Crippen LogP contribution is -2.47. The largest absolute Gasteiger partial charge is 0.497 e. The van der Waals surface area contributed by atoms with Crippen molar-refractivity contribution >= 4 is 22.5 Å². The fraction of sp³-hybridized carbons (Fsp3) is 0.304. The van der Waals surface area contributed by atoms with Crippen molar-refractivity contribution in [3.05, 3.63) is 54.6 Å². The van der Waals surface area contributed by atoms with Crippen molar-refractivity contribution in [1.29, 1.82) is 0 Å². The maximum atomic E-state index is 5.38. The minimum absolute atomic E-state index is 0.827. The second-order valence-electron chi connectivity index (χ2n) is 7.82. The highest BCUT2D eigenvalue weighted by atomic mass is 16.5. The molecule has 4 heterocycles. The quantitative estimate of drug-likeness (QED) is 0.507. The number of fused-ring (bicyclic) bond motifs is 1. The summed E-state index contributed by atoms with van der Waals surface area (Å²) in [7, 11) is 3.59. The van der Waals surface area contributed by atoms with Crippen LogP contribution in [0.15, 0.2) is 49.1 Å². The van der Waals surface area contributed by atoms with E-state index in [4.69, 9.17) is 14.7 Å². The van der Waals surface area contributed by atoms with Gasteiger partial charge < -0.3 is 14.5 Å². The average Bonchev–Trinajstić information content (AvgIpc) is 3.25. The summed E-state index contributed by atoms with van der Waals surface area (Å²) in [6, 6.07) is 8.23. The third-order valence-corrected chi connectivity index (χ3v) is 5.76. The molecule has 5 rings (SSSR count). The number of aryl methyl sites for hydroxylation is 2. The average molecular weight is 416 g/mol. The van der Waals surface area contributed by atoms with Crippen molar-refractivity contribution in [2.45, 2.75) is 6.92 Å². The number of nitrogens with zero attached hydrogens (tertiary/aromatic N) is 7. The van der Waals surface area contributed by atoms with Crippen LogP contribution in [0, 0.1) is 6.92 Å². The SMILES string of the molecule is COc1ccc2c(C)cc(N3CCN(c4cncc(-c5cnn(C)c5)n4)CC3)nc2c1. The molecule has 0 saturated carbocycles. The van der Waals surface area contributed by atoms with Gasteiger partial charge in [0.15, 0.2) is 0 Å². The zero-order chi connectivity index (χ0) is 21.4. The second kappa shape index (κ2) is 7.86. The van der Waals surface area contributed by atoms with Gasteiger partial charge in [-0.1, -0.05) is 0 Å². The van der Waals surface area contributed by atoms with E-state index in [0.29, 0.717) is 0 Å². The van der Waals surface area contributed by atoms with Gasteiger partial charge in [-0.15, -0.1) is 0 Å². The maximum Gasteiger partial charge on any atom is 0.147 e. The van der Waals surface area contributed by atoms with Crippen LogP contribution in [0.5, 0.6) is 5.75 Å². The van der Waals surface area contributed by atoms with E-state index >= 15 is 0 Å². The molecule has 1 saturated heterocycles. The zero-order valence-corrected chi connectivity index (χ0v) is 18.0. The van der Waals surface area contributed by atoms with E-state index in [1.807, 2.05) is 37.8 Å². The first-order valence-electron chi connectivity index (χ1n) is 10.4. The van der Waals surface area contributed by atoms with Gasteiger partial charge in [0, 0.05) is 56.4 Å². The van der Waals surface area contributed by atoms with E-state index in [9.17, 15) is 0 Å². The van der Waals surface area contributed by atoms with Crippen molar-refractivity contribution in [3.63, 3.8) is 0 Å². The van der Waals surface area contributed by atoms with Crippen molar-refractivity contribution in [2.75, 3.05) is 43.1 Å². The van der Waals surface area contributed by atoms with Crippen LogP contribution in [-0.4, -0.2) is 58.0 Å². The molecule has 0 atom stereocenters. The van der Waals surface area contributed by atoms with Gasteiger partial charge in [0.05, 0.1) is 36.9 Å². The van der Waals surface area contributed by atoms with Crippen molar-refractivity contribution < 1.29 is 4.74 Å². The Morgan fingerprint density at radius 1 is 0.903 bits per heavy atom. The molecule has 1 fully saturated rings. The third kappa shape index (κ3) is 3.76. The monoisotopic (exact) mass is 415 g/mol. The molecule has 0 N–H and O–H groups in total. The number of hydrogen-bond donors (Lipinski definition) is 0. The van der Waals surface area contributed by atoms with E-state index in [1.165, 1.54) is 5.56 Å². The molecule has 158 valence electrons. The van der Waals surface area contributed by atoms with E-state index in [0.717, 1.165) is 65.7 Å². The summed E-state index contributed by atoms with van der Waals surface area (Å²) in [5.74, 6) is 2.73. The molecule has 8 nitrogen and oxygen atoms in total. The smallest absolute Gasteiger partial charge is 0.147 e. The number of hydrogen-bond acceptors (Lipinski definition) is 7. The molecular formula is C23H25N7O. The van der Waals surface area contributed by atoms with Crippen LogP contribution < -0.4 is 14.5 Å². The van der Waals surface area contributed by atoms with Crippen LogP contribution in [0.2, 0.25) is 0 Å². The highest BCUT2D eigenvalue weighted by Gasteiger charge is 2.21. The summed E-state index contributed by atoms with van der Waals surface area (Å²) in [6.07, 6.45) is 7.38. The Balaban J connectivity index is 1.34. The molecule has 0 unspecified atom stereocenters. The number of methoxy groups -OCH3 is 1. The lowest BCUT2D eigenvalue weighted by Gasteiger charge is -2.36. The highest BCUT2D eigenvalue weighted by Crippen LogP contribution is 2.27. The molecule has 3 aromatic heterocycles. The van der Waals surface area contributed by atoms with Crippen LogP contribution in [0.25, 0.3) is 22.2 Å². The van der Waals surface area contributed by atoms with Gasteiger partial charge in [-0.25, -0.2) is 9.97 Å². The predicted octanol–water partition coefficient (Wildman–Crippen LogP) is 3.07. The normalized spacial score (nSPS) is 14.3. The van der Waals surface area contributed by atoms with E-state index in [-0.39, 0.29) is 0 Å². The fourth-order valence-electron chi connectivity index (χ4n) is 4.02. The van der Waals surface area contributed by atoms with Crippen LogP contribution in [0.1, 0.15) is 5.56 Å². The van der Waals surface area contributed by atoms with Gasteiger partial charge in [-0.05, 0) is 30.7 Å². The standard InChI is InChI=1S/C23H25N7O/c1-16-10-22(26-20-11-18(31-3)4-5-19(16)20)29-6-8-30(9-7-29)23-14-24-13-21(27-23)17-12-25-28(2)15-17/h4-5,10-15H,6-9H2,1-3H3. The Labute approximate surface area is 181 Å². The van der Waals surface area contributed by atoms with Gasteiger partial charge in [0.2, 0.25) is 0 Å². The molecule has 1 aliphatic heterocycles. The lowest BCUT2D eigenvalue weighted by molar-refractivity contribution is 0.415. The first-order chi connectivity index (χ1) is 15.1. The number of piperazine rings is 1. The summed E-state index contributed by atoms with van der Waals surface area (Å²) in [6.45, 7) is 5.61. The van der Waals surface area contributed by atoms with Crippen molar-refractivity contribution in [2.24, 2.45) is 7.05 Å². The molecule has 0 spiro atoms. The molecule has 0 aliphatic carbocycles. The van der Waals surface area contributed by atoms with Crippen molar-refractivity contribution in [3.8, 4) is 17.0 Å². The van der Waals surface area contributed by atoms with E-state index in [2.05, 4.69) is 38.9 Å². The number of ether oxygens (including phenoxy) is 1. The Bertz CT molecular complexity index is 1230. The minimum atomic E-state index is 0.827. The number of anilines is 2. The molecule has 8 heteroatoms. The topological polar surface area (TPSA) is 72.2 Å². The predicted molar refractivity (Wildman–Crippen MR) is 122 cm³/mol.